The molecule has 1 amide bonds. The van der Waals surface area contributed by atoms with Crippen molar-refractivity contribution in [1.82, 2.24) is 10.3 Å². The van der Waals surface area contributed by atoms with Gasteiger partial charge >= 0.3 is 0 Å². The molecule has 1 heterocycles. The molecule has 108 valence electrons. The minimum atomic E-state index is -0.291. The van der Waals surface area contributed by atoms with Gasteiger partial charge in [0, 0.05) is 12.7 Å². The van der Waals surface area contributed by atoms with E-state index in [1.54, 1.807) is 6.20 Å². The van der Waals surface area contributed by atoms with E-state index in [2.05, 4.69) is 10.3 Å². The average molecular weight is 306 g/mol. The molecular weight excluding hydrogens is 285 g/mol. The molecule has 1 fully saturated rings. The fourth-order valence-corrected chi connectivity index (χ4v) is 2.08. The maximum Gasteiger partial charge on any atom is 0.270 e. The van der Waals surface area contributed by atoms with E-state index in [-0.39, 0.29) is 36.3 Å². The highest BCUT2D eigenvalue weighted by Gasteiger charge is 2.41. The number of aromatic nitrogens is 1. The Balaban J connectivity index is 0.00000162. The molecule has 6 heteroatoms. The first-order chi connectivity index (χ1) is 8.07. The molecule has 1 unspecified atom stereocenters. The fraction of sp³-hybridized carbons (Fsp3) is 0.538. The van der Waals surface area contributed by atoms with Crippen LogP contribution in [0.2, 0.25) is 0 Å². The first-order valence-corrected chi connectivity index (χ1v) is 6.01. The molecule has 0 saturated heterocycles. The lowest BCUT2D eigenvalue weighted by molar-refractivity contribution is 0.0892. The van der Waals surface area contributed by atoms with E-state index in [9.17, 15) is 4.79 Å². The van der Waals surface area contributed by atoms with Crippen LogP contribution in [0.1, 0.15) is 35.8 Å². The van der Waals surface area contributed by atoms with Crippen molar-refractivity contribution in [2.24, 2.45) is 11.7 Å². The quantitative estimate of drug-likeness (QED) is 0.895. The Kier molecular flexibility index (Phi) is 6.77. The highest BCUT2D eigenvalue weighted by atomic mass is 35.5. The van der Waals surface area contributed by atoms with Crippen LogP contribution in [0.5, 0.6) is 0 Å². The number of nitrogens with zero attached hydrogens (tertiary/aromatic N) is 1. The lowest BCUT2D eigenvalue weighted by atomic mass is 9.95. The first-order valence-electron chi connectivity index (χ1n) is 6.01. The number of amides is 1. The fourth-order valence-electron chi connectivity index (χ4n) is 2.08. The molecule has 1 aliphatic rings. The summed E-state index contributed by atoms with van der Waals surface area (Å²) in [4.78, 5) is 16.3. The maximum absolute atomic E-state index is 12.1. The van der Waals surface area contributed by atoms with Gasteiger partial charge in [0.05, 0.1) is 5.54 Å². The molecule has 2 rings (SSSR count). The molecule has 0 bridgehead atoms. The highest BCUT2D eigenvalue weighted by Crippen LogP contribution is 2.39. The normalized spacial score (nSPS) is 16.6. The number of carbonyl (C=O) groups is 1. The summed E-state index contributed by atoms with van der Waals surface area (Å²) in [5.74, 6) is 0.392. The number of pyridine rings is 1. The number of hydrogen-bond donors (Lipinski definition) is 2. The van der Waals surface area contributed by atoms with E-state index in [1.165, 1.54) is 0 Å². The van der Waals surface area contributed by atoms with Crippen molar-refractivity contribution in [2.45, 2.75) is 32.2 Å². The van der Waals surface area contributed by atoms with Crippen LogP contribution in [-0.4, -0.2) is 23.0 Å². The second kappa shape index (κ2) is 7.08. The van der Waals surface area contributed by atoms with Gasteiger partial charge in [0.15, 0.2) is 0 Å². The molecule has 0 aliphatic heterocycles. The average Bonchev–Trinajstić information content (AvgIpc) is 3.13. The summed E-state index contributed by atoms with van der Waals surface area (Å²) >= 11 is 0. The summed E-state index contributed by atoms with van der Waals surface area (Å²) in [5, 5.41) is 3.04. The molecule has 1 aromatic heterocycles. The van der Waals surface area contributed by atoms with E-state index < -0.39 is 0 Å². The standard InChI is InChI=1S/C13H19N3O.2ClH/c1-9-4-3-7-15-11(9)12(17)16-13(2,8-14)10-5-6-10;;/h3-4,7,10H,5-6,8,14H2,1-2H3,(H,16,17);2*1H. The minimum Gasteiger partial charge on any atom is -0.344 e. The van der Waals surface area contributed by atoms with Gasteiger partial charge in [-0.15, -0.1) is 24.8 Å². The Bertz CT molecular complexity index is 438. The Morgan fingerprint density at radius 3 is 2.63 bits per heavy atom. The van der Waals surface area contributed by atoms with E-state index in [4.69, 9.17) is 5.73 Å². The summed E-state index contributed by atoms with van der Waals surface area (Å²) in [6.07, 6.45) is 3.93. The Hall–Kier alpha value is -0.840. The third kappa shape index (κ3) is 4.06. The SMILES string of the molecule is Cc1cccnc1C(=O)NC(C)(CN)C1CC1.Cl.Cl. The summed E-state index contributed by atoms with van der Waals surface area (Å²) in [6, 6.07) is 3.72. The molecule has 0 aromatic carbocycles. The summed E-state index contributed by atoms with van der Waals surface area (Å²) < 4.78 is 0. The van der Waals surface area contributed by atoms with Crippen molar-refractivity contribution in [2.75, 3.05) is 6.54 Å². The molecule has 0 spiro atoms. The largest absolute Gasteiger partial charge is 0.344 e. The van der Waals surface area contributed by atoms with Crippen molar-refractivity contribution in [3.8, 4) is 0 Å². The molecule has 1 saturated carbocycles. The van der Waals surface area contributed by atoms with Gasteiger partial charge in [-0.3, -0.25) is 9.78 Å². The number of rotatable bonds is 4. The van der Waals surface area contributed by atoms with Crippen molar-refractivity contribution in [3.05, 3.63) is 29.6 Å². The number of nitrogens with one attached hydrogen (secondary N) is 1. The van der Waals surface area contributed by atoms with Crippen LogP contribution in [0.25, 0.3) is 0 Å². The van der Waals surface area contributed by atoms with Crippen LogP contribution in [0.15, 0.2) is 18.3 Å². The molecule has 1 atom stereocenters. The highest BCUT2D eigenvalue weighted by molar-refractivity contribution is 5.94. The summed E-state index contributed by atoms with van der Waals surface area (Å²) in [6.45, 7) is 4.37. The third-order valence-corrected chi connectivity index (χ3v) is 3.53. The van der Waals surface area contributed by atoms with Crippen molar-refractivity contribution < 1.29 is 4.79 Å². The summed E-state index contributed by atoms with van der Waals surface area (Å²) in [7, 11) is 0. The molecular formula is C13H21Cl2N3O. The van der Waals surface area contributed by atoms with Gasteiger partial charge < -0.3 is 11.1 Å². The smallest absolute Gasteiger partial charge is 0.270 e. The van der Waals surface area contributed by atoms with Gasteiger partial charge in [0.1, 0.15) is 5.69 Å². The van der Waals surface area contributed by atoms with Crippen molar-refractivity contribution >= 4 is 30.7 Å². The van der Waals surface area contributed by atoms with Crippen LogP contribution in [0.4, 0.5) is 0 Å². The second-order valence-electron chi connectivity index (χ2n) is 5.02. The topological polar surface area (TPSA) is 68.0 Å². The van der Waals surface area contributed by atoms with E-state index in [1.807, 2.05) is 26.0 Å². The zero-order valence-corrected chi connectivity index (χ0v) is 12.8. The van der Waals surface area contributed by atoms with Crippen molar-refractivity contribution in [3.63, 3.8) is 0 Å². The van der Waals surface area contributed by atoms with E-state index in [0.29, 0.717) is 18.2 Å². The number of halogens is 2. The zero-order valence-electron chi connectivity index (χ0n) is 11.2. The predicted molar refractivity (Wildman–Crippen MR) is 81.1 cm³/mol. The molecule has 3 N–H and O–H groups in total. The van der Waals surface area contributed by atoms with E-state index >= 15 is 0 Å². The molecule has 19 heavy (non-hydrogen) atoms. The third-order valence-electron chi connectivity index (χ3n) is 3.53. The number of hydrogen-bond acceptors (Lipinski definition) is 3. The van der Waals surface area contributed by atoms with E-state index in [0.717, 1.165) is 18.4 Å². The number of aryl methyl sites for hydroxylation is 1. The Labute approximate surface area is 126 Å². The molecule has 1 aliphatic carbocycles. The van der Waals surface area contributed by atoms with Gasteiger partial charge in [-0.2, -0.15) is 0 Å². The number of nitrogens with two attached hydrogens (primary N) is 1. The van der Waals surface area contributed by atoms with Crippen LogP contribution in [-0.2, 0) is 0 Å². The Morgan fingerprint density at radius 1 is 1.53 bits per heavy atom. The zero-order chi connectivity index (χ0) is 12.5. The summed E-state index contributed by atoms with van der Waals surface area (Å²) in [5.41, 5.74) is 6.87. The molecule has 4 nitrogen and oxygen atoms in total. The Morgan fingerprint density at radius 2 is 2.16 bits per heavy atom. The van der Waals surface area contributed by atoms with Gasteiger partial charge in [-0.1, -0.05) is 6.07 Å². The van der Waals surface area contributed by atoms with Crippen LogP contribution in [0, 0.1) is 12.8 Å². The molecule has 0 radical (unpaired) electrons. The lowest BCUT2D eigenvalue weighted by Gasteiger charge is -2.29. The monoisotopic (exact) mass is 305 g/mol. The van der Waals surface area contributed by atoms with Gasteiger partial charge in [-0.25, -0.2) is 0 Å². The predicted octanol–water partition coefficient (Wildman–Crippen LogP) is 2.09. The van der Waals surface area contributed by atoms with Crippen LogP contribution < -0.4 is 11.1 Å². The van der Waals surface area contributed by atoms with Gasteiger partial charge in [0.25, 0.3) is 5.91 Å². The minimum absolute atomic E-state index is 0. The second-order valence-corrected chi connectivity index (χ2v) is 5.02. The van der Waals surface area contributed by atoms with Crippen LogP contribution in [0.3, 0.4) is 0 Å². The lowest BCUT2D eigenvalue weighted by Crippen LogP contribution is -2.53. The van der Waals surface area contributed by atoms with Gasteiger partial charge in [-0.05, 0) is 44.2 Å². The first kappa shape index (κ1) is 18.2. The maximum atomic E-state index is 12.1. The van der Waals surface area contributed by atoms with Crippen molar-refractivity contribution in [1.29, 1.82) is 0 Å². The van der Waals surface area contributed by atoms with Crippen LogP contribution >= 0.6 is 24.8 Å². The molecule has 1 aromatic rings. The number of carbonyl (C=O) groups excluding carboxylic acids is 1. The van der Waals surface area contributed by atoms with Gasteiger partial charge in [0.2, 0.25) is 0 Å².